The molecule has 0 amide bonds. The molecule has 0 radical (unpaired) electrons. The Labute approximate surface area is 116 Å². The second-order valence-corrected chi connectivity index (χ2v) is 5.67. The first-order valence-electron chi connectivity index (χ1n) is 7.38. The molecular formula is C16H26N2O. The molecule has 1 aliphatic rings. The van der Waals surface area contributed by atoms with Gasteiger partial charge < -0.3 is 15.0 Å². The fourth-order valence-corrected chi connectivity index (χ4v) is 2.72. The van der Waals surface area contributed by atoms with Gasteiger partial charge in [-0.05, 0) is 44.0 Å². The number of rotatable bonds is 3. The number of benzene rings is 1. The van der Waals surface area contributed by atoms with Crippen molar-refractivity contribution in [3.8, 4) is 5.75 Å². The second kappa shape index (κ2) is 6.80. The van der Waals surface area contributed by atoms with Gasteiger partial charge in [-0.25, -0.2) is 0 Å². The maximum atomic E-state index is 5.78. The van der Waals surface area contributed by atoms with Gasteiger partial charge in [-0.15, -0.1) is 0 Å². The molecule has 1 N–H and O–H groups in total. The van der Waals surface area contributed by atoms with Gasteiger partial charge in [-0.2, -0.15) is 0 Å². The van der Waals surface area contributed by atoms with Gasteiger partial charge in [0.1, 0.15) is 5.75 Å². The highest BCUT2D eigenvalue weighted by molar-refractivity contribution is 5.58. The first kappa shape index (κ1) is 14.2. The highest BCUT2D eigenvalue weighted by atomic mass is 16.5. The number of anilines is 1. The lowest BCUT2D eigenvalue weighted by molar-refractivity contribution is 0.337. The fraction of sp³-hybridized carbons (Fsp3) is 0.625. The van der Waals surface area contributed by atoms with Gasteiger partial charge in [0.2, 0.25) is 0 Å². The van der Waals surface area contributed by atoms with Gasteiger partial charge in [0.25, 0.3) is 0 Å². The molecule has 0 aromatic heterocycles. The van der Waals surface area contributed by atoms with E-state index >= 15 is 0 Å². The van der Waals surface area contributed by atoms with Crippen molar-refractivity contribution < 1.29 is 4.74 Å². The van der Waals surface area contributed by atoms with Crippen LogP contribution in [0, 0.1) is 11.8 Å². The number of nitrogens with one attached hydrogen (secondary N) is 1. The summed E-state index contributed by atoms with van der Waals surface area (Å²) in [6.45, 7) is 11.7. The van der Waals surface area contributed by atoms with E-state index in [1.807, 2.05) is 13.0 Å². The Morgan fingerprint density at radius 3 is 2.42 bits per heavy atom. The zero-order valence-corrected chi connectivity index (χ0v) is 12.4. The van der Waals surface area contributed by atoms with Gasteiger partial charge in [0, 0.05) is 13.1 Å². The third-order valence-electron chi connectivity index (χ3n) is 3.56. The van der Waals surface area contributed by atoms with Crippen LogP contribution in [0.2, 0.25) is 0 Å². The van der Waals surface area contributed by atoms with Crippen LogP contribution in [0.4, 0.5) is 5.69 Å². The zero-order chi connectivity index (χ0) is 13.7. The van der Waals surface area contributed by atoms with Gasteiger partial charge in [0.05, 0.1) is 12.3 Å². The molecule has 1 saturated heterocycles. The van der Waals surface area contributed by atoms with Crippen LogP contribution < -0.4 is 15.0 Å². The van der Waals surface area contributed by atoms with Crippen LogP contribution >= 0.6 is 0 Å². The molecule has 1 aromatic carbocycles. The number of ether oxygens (including phenoxy) is 1. The summed E-state index contributed by atoms with van der Waals surface area (Å²) in [5, 5.41) is 3.54. The molecule has 2 atom stereocenters. The summed E-state index contributed by atoms with van der Waals surface area (Å²) in [6, 6.07) is 8.40. The van der Waals surface area contributed by atoms with Crippen molar-refractivity contribution in [3.63, 3.8) is 0 Å². The van der Waals surface area contributed by atoms with Crippen molar-refractivity contribution in [3.05, 3.63) is 24.3 Å². The van der Waals surface area contributed by atoms with Crippen molar-refractivity contribution in [2.75, 3.05) is 37.7 Å². The maximum Gasteiger partial charge on any atom is 0.142 e. The standard InChI is InChI=1S/C16H26N2O/c1-4-19-16-8-6-5-7-15(16)18-11-13(2)9-17-10-14(3)12-18/h5-8,13-14,17H,4,9-12H2,1-3H3. The van der Waals surface area contributed by atoms with Gasteiger partial charge in [-0.3, -0.25) is 0 Å². The van der Waals surface area contributed by atoms with E-state index in [9.17, 15) is 0 Å². The molecule has 3 heteroatoms. The Bertz CT molecular complexity index is 382. The lowest BCUT2D eigenvalue weighted by Gasteiger charge is -2.34. The lowest BCUT2D eigenvalue weighted by Crippen LogP contribution is -2.42. The van der Waals surface area contributed by atoms with Crippen LogP contribution in [0.3, 0.4) is 0 Å². The number of hydrogen-bond acceptors (Lipinski definition) is 3. The van der Waals surface area contributed by atoms with E-state index in [4.69, 9.17) is 4.74 Å². The third-order valence-corrected chi connectivity index (χ3v) is 3.56. The smallest absolute Gasteiger partial charge is 0.142 e. The molecule has 19 heavy (non-hydrogen) atoms. The summed E-state index contributed by atoms with van der Waals surface area (Å²) >= 11 is 0. The summed E-state index contributed by atoms with van der Waals surface area (Å²) in [6.07, 6.45) is 0. The minimum atomic E-state index is 0.655. The van der Waals surface area contributed by atoms with Crippen LogP contribution in [0.5, 0.6) is 5.75 Å². The van der Waals surface area contributed by atoms with E-state index in [-0.39, 0.29) is 0 Å². The largest absolute Gasteiger partial charge is 0.492 e. The van der Waals surface area contributed by atoms with Crippen molar-refractivity contribution >= 4 is 5.69 Å². The van der Waals surface area contributed by atoms with E-state index < -0.39 is 0 Å². The van der Waals surface area contributed by atoms with E-state index in [2.05, 4.69) is 42.3 Å². The summed E-state index contributed by atoms with van der Waals surface area (Å²) in [5.41, 5.74) is 1.24. The Morgan fingerprint density at radius 1 is 1.16 bits per heavy atom. The minimum Gasteiger partial charge on any atom is -0.492 e. The molecule has 0 saturated carbocycles. The number of hydrogen-bond donors (Lipinski definition) is 1. The Morgan fingerprint density at radius 2 is 1.79 bits per heavy atom. The van der Waals surface area contributed by atoms with Gasteiger partial charge in [0.15, 0.2) is 0 Å². The monoisotopic (exact) mass is 262 g/mol. The number of para-hydroxylation sites is 2. The summed E-state index contributed by atoms with van der Waals surface area (Å²) in [4.78, 5) is 2.49. The molecule has 1 fully saturated rings. The SMILES string of the molecule is CCOc1ccccc1N1CC(C)CNCC(C)C1. The average Bonchev–Trinajstić information content (AvgIpc) is 2.37. The predicted molar refractivity (Wildman–Crippen MR) is 81.0 cm³/mol. The highest BCUT2D eigenvalue weighted by Crippen LogP contribution is 2.29. The molecule has 0 spiro atoms. The average molecular weight is 262 g/mol. The highest BCUT2D eigenvalue weighted by Gasteiger charge is 2.19. The molecule has 2 unspecified atom stereocenters. The minimum absolute atomic E-state index is 0.655. The normalized spacial score (nSPS) is 24.7. The molecule has 1 aliphatic heterocycles. The number of nitrogens with zero attached hydrogens (tertiary/aromatic N) is 1. The van der Waals surface area contributed by atoms with E-state index in [0.29, 0.717) is 11.8 Å². The second-order valence-electron chi connectivity index (χ2n) is 5.67. The van der Waals surface area contributed by atoms with Crippen molar-refractivity contribution in [1.29, 1.82) is 0 Å². The van der Waals surface area contributed by atoms with Gasteiger partial charge >= 0.3 is 0 Å². The first-order chi connectivity index (χ1) is 9.20. The summed E-state index contributed by atoms with van der Waals surface area (Å²) < 4.78 is 5.78. The molecule has 0 aliphatic carbocycles. The Balaban J connectivity index is 2.21. The molecular weight excluding hydrogens is 236 g/mol. The van der Waals surface area contributed by atoms with E-state index in [1.54, 1.807) is 0 Å². The van der Waals surface area contributed by atoms with Crippen LogP contribution in [-0.4, -0.2) is 32.8 Å². The van der Waals surface area contributed by atoms with Crippen LogP contribution in [0.25, 0.3) is 0 Å². The van der Waals surface area contributed by atoms with Gasteiger partial charge in [-0.1, -0.05) is 26.0 Å². The van der Waals surface area contributed by atoms with E-state index in [0.717, 1.165) is 38.5 Å². The quantitative estimate of drug-likeness (QED) is 0.906. The fourth-order valence-electron chi connectivity index (χ4n) is 2.72. The van der Waals surface area contributed by atoms with Crippen LogP contribution in [-0.2, 0) is 0 Å². The Kier molecular flexibility index (Phi) is 5.08. The van der Waals surface area contributed by atoms with Crippen molar-refractivity contribution in [2.45, 2.75) is 20.8 Å². The molecule has 3 nitrogen and oxygen atoms in total. The predicted octanol–water partition coefficient (Wildman–Crippen LogP) is 2.77. The topological polar surface area (TPSA) is 24.5 Å². The van der Waals surface area contributed by atoms with Crippen LogP contribution in [0.1, 0.15) is 20.8 Å². The molecule has 0 bridgehead atoms. The summed E-state index contributed by atoms with van der Waals surface area (Å²) in [7, 11) is 0. The van der Waals surface area contributed by atoms with Crippen molar-refractivity contribution in [1.82, 2.24) is 5.32 Å². The summed E-state index contributed by atoms with van der Waals surface area (Å²) in [5.74, 6) is 2.32. The van der Waals surface area contributed by atoms with E-state index in [1.165, 1.54) is 5.69 Å². The molecule has 1 aromatic rings. The Hall–Kier alpha value is -1.22. The van der Waals surface area contributed by atoms with Crippen molar-refractivity contribution in [2.24, 2.45) is 11.8 Å². The first-order valence-corrected chi connectivity index (χ1v) is 7.38. The van der Waals surface area contributed by atoms with Crippen LogP contribution in [0.15, 0.2) is 24.3 Å². The molecule has 1 heterocycles. The maximum absolute atomic E-state index is 5.78. The zero-order valence-electron chi connectivity index (χ0n) is 12.4. The third kappa shape index (κ3) is 3.87. The molecule has 106 valence electrons. The lowest BCUT2D eigenvalue weighted by atomic mass is 10.0. The molecule has 2 rings (SSSR count).